The lowest BCUT2D eigenvalue weighted by Gasteiger charge is -2.12. The lowest BCUT2D eigenvalue weighted by molar-refractivity contribution is 1.12. The largest absolute Gasteiger partial charge is 0.340 e. The van der Waals surface area contributed by atoms with Gasteiger partial charge in [-0.1, -0.05) is 28.1 Å². The fraction of sp³-hybridized carbons (Fsp3) is 0. The van der Waals surface area contributed by atoms with Crippen LogP contribution in [0.2, 0.25) is 0 Å². The van der Waals surface area contributed by atoms with E-state index < -0.39 is 0 Å². The Hall–Kier alpha value is -3.45. The monoisotopic (exact) mass is 430 g/mol. The third-order valence-corrected chi connectivity index (χ3v) is 4.94. The van der Waals surface area contributed by atoms with Gasteiger partial charge in [0.15, 0.2) is 0 Å². The first kappa shape index (κ1) is 16.7. The number of hydrogen-bond donors (Lipinski definition) is 3. The number of anilines is 4. The van der Waals surface area contributed by atoms with Crippen LogP contribution in [0.25, 0.3) is 21.8 Å². The minimum absolute atomic E-state index is 0.535. The van der Waals surface area contributed by atoms with E-state index in [4.69, 9.17) is 4.98 Å². The molecular weight excluding hydrogens is 416 g/mol. The zero-order valence-corrected chi connectivity index (χ0v) is 16.2. The van der Waals surface area contributed by atoms with Gasteiger partial charge in [-0.15, -0.1) is 0 Å². The minimum atomic E-state index is 0.535. The molecule has 0 radical (unpaired) electrons. The highest BCUT2D eigenvalue weighted by molar-refractivity contribution is 9.10. The molecule has 2 heterocycles. The molecule has 3 N–H and O–H groups in total. The van der Waals surface area contributed by atoms with Gasteiger partial charge < -0.3 is 10.6 Å². The van der Waals surface area contributed by atoms with Crippen LogP contribution in [0.3, 0.4) is 0 Å². The number of fused-ring (bicyclic) bond motifs is 2. The number of H-pyrrole nitrogens is 1. The number of nitrogens with zero attached hydrogens (tertiary/aromatic N) is 3. The van der Waals surface area contributed by atoms with E-state index in [1.807, 2.05) is 66.7 Å². The Morgan fingerprint density at radius 1 is 0.821 bits per heavy atom. The fourth-order valence-corrected chi connectivity index (χ4v) is 3.31. The molecule has 7 heteroatoms. The number of halogens is 1. The van der Waals surface area contributed by atoms with Crippen molar-refractivity contribution >= 4 is 60.9 Å². The SMILES string of the molecule is Brc1ccc(Nc2nc(Nc3ccc4[nH]ncc4c3)c3ccccc3n2)cc1. The molecule has 5 rings (SSSR count). The van der Waals surface area contributed by atoms with Crippen LogP contribution in [0.4, 0.5) is 23.1 Å². The molecule has 0 atom stereocenters. The average molecular weight is 431 g/mol. The maximum atomic E-state index is 4.71. The summed E-state index contributed by atoms with van der Waals surface area (Å²) in [5.74, 6) is 1.28. The highest BCUT2D eigenvalue weighted by Gasteiger charge is 2.09. The van der Waals surface area contributed by atoms with E-state index in [1.54, 1.807) is 6.20 Å². The van der Waals surface area contributed by atoms with Gasteiger partial charge in [0.25, 0.3) is 0 Å². The van der Waals surface area contributed by atoms with Gasteiger partial charge in [0.1, 0.15) is 5.82 Å². The number of benzene rings is 3. The molecule has 0 aliphatic rings. The molecule has 136 valence electrons. The van der Waals surface area contributed by atoms with Crippen LogP contribution in [0.1, 0.15) is 0 Å². The van der Waals surface area contributed by atoms with Crippen LogP contribution in [0.5, 0.6) is 0 Å². The maximum Gasteiger partial charge on any atom is 0.229 e. The quantitative estimate of drug-likeness (QED) is 0.338. The molecule has 0 saturated heterocycles. The van der Waals surface area contributed by atoms with Gasteiger partial charge in [-0.2, -0.15) is 10.1 Å². The standard InChI is InChI=1S/C21H15BrN6/c22-14-5-7-15(8-6-14)25-21-26-19-4-2-1-3-17(19)20(27-21)24-16-9-10-18-13(11-16)12-23-28-18/h1-12H,(H,23,28)(H2,24,25,26,27). The van der Waals surface area contributed by atoms with Crippen LogP contribution >= 0.6 is 15.9 Å². The van der Waals surface area contributed by atoms with E-state index in [2.05, 4.69) is 41.7 Å². The van der Waals surface area contributed by atoms with Crippen molar-refractivity contribution in [3.05, 3.63) is 77.4 Å². The summed E-state index contributed by atoms with van der Waals surface area (Å²) in [4.78, 5) is 9.36. The Morgan fingerprint density at radius 3 is 2.54 bits per heavy atom. The summed E-state index contributed by atoms with van der Waals surface area (Å²) in [6, 6.07) is 21.9. The molecular formula is C21H15BrN6. The molecule has 0 fully saturated rings. The topological polar surface area (TPSA) is 78.5 Å². The van der Waals surface area contributed by atoms with Gasteiger partial charge in [0.2, 0.25) is 5.95 Å². The molecule has 0 spiro atoms. The molecule has 6 nitrogen and oxygen atoms in total. The molecule has 3 aromatic carbocycles. The van der Waals surface area contributed by atoms with Crippen molar-refractivity contribution in [2.24, 2.45) is 0 Å². The Balaban J connectivity index is 1.55. The average Bonchev–Trinajstić information content (AvgIpc) is 3.18. The number of aromatic nitrogens is 4. The van der Waals surface area contributed by atoms with Crippen LogP contribution in [0.15, 0.2) is 77.4 Å². The normalized spacial score (nSPS) is 11.0. The second-order valence-corrected chi connectivity index (χ2v) is 7.26. The highest BCUT2D eigenvalue weighted by atomic mass is 79.9. The summed E-state index contributed by atoms with van der Waals surface area (Å²) in [6.45, 7) is 0. The highest BCUT2D eigenvalue weighted by Crippen LogP contribution is 2.28. The van der Waals surface area contributed by atoms with Crippen molar-refractivity contribution in [1.82, 2.24) is 20.2 Å². The van der Waals surface area contributed by atoms with Gasteiger partial charge in [0, 0.05) is 26.6 Å². The van der Waals surface area contributed by atoms with Crippen molar-refractivity contribution in [2.45, 2.75) is 0 Å². The predicted octanol–water partition coefficient (Wildman–Crippen LogP) is 5.76. The van der Waals surface area contributed by atoms with Crippen molar-refractivity contribution in [2.75, 3.05) is 10.6 Å². The van der Waals surface area contributed by atoms with E-state index in [0.29, 0.717) is 5.95 Å². The summed E-state index contributed by atoms with van der Waals surface area (Å²) in [5.41, 5.74) is 3.72. The zero-order valence-electron chi connectivity index (χ0n) is 14.6. The van der Waals surface area contributed by atoms with Crippen molar-refractivity contribution < 1.29 is 0 Å². The Bertz CT molecular complexity index is 1280. The predicted molar refractivity (Wildman–Crippen MR) is 116 cm³/mol. The molecule has 28 heavy (non-hydrogen) atoms. The lowest BCUT2D eigenvalue weighted by Crippen LogP contribution is -2.02. The molecule has 0 unspecified atom stereocenters. The van der Waals surface area contributed by atoms with Crippen LogP contribution in [-0.2, 0) is 0 Å². The zero-order chi connectivity index (χ0) is 18.9. The smallest absolute Gasteiger partial charge is 0.229 e. The molecule has 0 saturated carbocycles. The summed E-state index contributed by atoms with van der Waals surface area (Å²) in [5, 5.41) is 15.7. The second-order valence-electron chi connectivity index (χ2n) is 6.34. The summed E-state index contributed by atoms with van der Waals surface area (Å²) < 4.78 is 1.02. The first-order valence-electron chi connectivity index (χ1n) is 8.74. The summed E-state index contributed by atoms with van der Waals surface area (Å²) in [7, 11) is 0. The lowest BCUT2D eigenvalue weighted by atomic mass is 10.2. The van der Waals surface area contributed by atoms with Crippen molar-refractivity contribution in [3.8, 4) is 0 Å². The van der Waals surface area contributed by atoms with Gasteiger partial charge in [0.05, 0.1) is 17.2 Å². The Morgan fingerprint density at radius 2 is 1.64 bits per heavy atom. The van der Waals surface area contributed by atoms with Gasteiger partial charge in [-0.3, -0.25) is 5.10 Å². The first-order chi connectivity index (χ1) is 13.7. The third kappa shape index (κ3) is 3.27. The molecule has 0 bridgehead atoms. The van der Waals surface area contributed by atoms with Crippen LogP contribution in [-0.4, -0.2) is 20.2 Å². The van der Waals surface area contributed by atoms with E-state index in [9.17, 15) is 0 Å². The van der Waals surface area contributed by atoms with E-state index in [-0.39, 0.29) is 0 Å². The summed E-state index contributed by atoms with van der Waals surface area (Å²) >= 11 is 3.45. The molecule has 0 aliphatic carbocycles. The maximum absolute atomic E-state index is 4.71. The van der Waals surface area contributed by atoms with E-state index in [0.717, 1.165) is 43.5 Å². The Labute approximate surface area is 169 Å². The fourth-order valence-electron chi connectivity index (χ4n) is 3.05. The van der Waals surface area contributed by atoms with Gasteiger partial charge >= 0.3 is 0 Å². The molecule has 5 aromatic rings. The van der Waals surface area contributed by atoms with Crippen molar-refractivity contribution in [1.29, 1.82) is 0 Å². The van der Waals surface area contributed by atoms with Crippen LogP contribution < -0.4 is 10.6 Å². The number of hydrogen-bond acceptors (Lipinski definition) is 5. The molecule has 0 aliphatic heterocycles. The number of nitrogens with one attached hydrogen (secondary N) is 3. The second kappa shape index (κ2) is 6.94. The number of aromatic amines is 1. The minimum Gasteiger partial charge on any atom is -0.340 e. The number of rotatable bonds is 4. The molecule has 0 amide bonds. The summed E-state index contributed by atoms with van der Waals surface area (Å²) in [6.07, 6.45) is 1.80. The number of para-hydroxylation sites is 1. The van der Waals surface area contributed by atoms with E-state index >= 15 is 0 Å². The van der Waals surface area contributed by atoms with E-state index in [1.165, 1.54) is 0 Å². The van der Waals surface area contributed by atoms with Gasteiger partial charge in [-0.05, 0) is 54.6 Å². The first-order valence-corrected chi connectivity index (χ1v) is 9.53. The third-order valence-electron chi connectivity index (χ3n) is 4.41. The van der Waals surface area contributed by atoms with Gasteiger partial charge in [-0.25, -0.2) is 4.98 Å². The van der Waals surface area contributed by atoms with Crippen LogP contribution in [0, 0.1) is 0 Å². The molecule has 2 aromatic heterocycles. The Kier molecular flexibility index (Phi) is 4.14. The van der Waals surface area contributed by atoms with Crippen molar-refractivity contribution in [3.63, 3.8) is 0 Å².